The smallest absolute Gasteiger partial charge is 0.232 e. The number of pyridine rings is 1. The van der Waals surface area contributed by atoms with Gasteiger partial charge in [-0.25, -0.2) is 0 Å². The maximum absolute atomic E-state index is 11.9. The second-order valence-electron chi connectivity index (χ2n) is 3.39. The van der Waals surface area contributed by atoms with Crippen LogP contribution in [0.5, 0.6) is 0 Å². The van der Waals surface area contributed by atoms with Gasteiger partial charge in [0.25, 0.3) is 0 Å². The van der Waals surface area contributed by atoms with E-state index in [1.807, 2.05) is 6.92 Å². The zero-order chi connectivity index (χ0) is 11.3. The summed E-state index contributed by atoms with van der Waals surface area (Å²) in [5, 5.41) is 9.03. The van der Waals surface area contributed by atoms with Crippen molar-refractivity contribution in [3.63, 3.8) is 0 Å². The van der Waals surface area contributed by atoms with Crippen LogP contribution in [0.25, 0.3) is 0 Å². The van der Waals surface area contributed by atoms with Gasteiger partial charge in [-0.3, -0.25) is 9.78 Å². The fraction of sp³-hybridized carbons (Fsp3) is 0.455. The Morgan fingerprint density at radius 1 is 1.53 bits per heavy atom. The molecule has 1 rings (SSSR count). The molecule has 0 aromatic carbocycles. The number of aliphatic hydroxyl groups is 1. The maximum Gasteiger partial charge on any atom is 0.232 e. The first-order valence-electron chi connectivity index (χ1n) is 4.99. The quantitative estimate of drug-likeness (QED) is 0.805. The SMILES string of the molecule is CCC(CO)C(=O)N(C)c1ccncc1. The largest absolute Gasteiger partial charge is 0.396 e. The average Bonchev–Trinajstić information content (AvgIpc) is 2.30. The van der Waals surface area contributed by atoms with E-state index in [4.69, 9.17) is 5.11 Å². The minimum atomic E-state index is -0.317. The number of nitrogens with zero attached hydrogens (tertiary/aromatic N) is 2. The number of rotatable bonds is 4. The van der Waals surface area contributed by atoms with Crippen LogP contribution in [0, 0.1) is 5.92 Å². The summed E-state index contributed by atoms with van der Waals surface area (Å²) in [5.41, 5.74) is 0.793. The van der Waals surface area contributed by atoms with Gasteiger partial charge in [-0.05, 0) is 18.6 Å². The van der Waals surface area contributed by atoms with Gasteiger partial charge in [-0.1, -0.05) is 6.92 Å². The number of carbonyl (C=O) groups excluding carboxylic acids is 1. The van der Waals surface area contributed by atoms with Crippen LogP contribution in [0.1, 0.15) is 13.3 Å². The Hall–Kier alpha value is -1.42. The van der Waals surface area contributed by atoms with Gasteiger partial charge in [0, 0.05) is 25.1 Å². The van der Waals surface area contributed by atoms with Gasteiger partial charge in [-0.15, -0.1) is 0 Å². The Kier molecular flexibility index (Phi) is 4.24. The van der Waals surface area contributed by atoms with Gasteiger partial charge in [0.1, 0.15) is 0 Å². The Morgan fingerprint density at radius 2 is 2.13 bits per heavy atom. The Balaban J connectivity index is 2.76. The van der Waals surface area contributed by atoms with Gasteiger partial charge < -0.3 is 10.0 Å². The highest BCUT2D eigenvalue weighted by Gasteiger charge is 2.20. The number of anilines is 1. The van der Waals surface area contributed by atoms with Crippen LogP contribution in [0.4, 0.5) is 5.69 Å². The zero-order valence-electron chi connectivity index (χ0n) is 9.05. The van der Waals surface area contributed by atoms with Crippen LogP contribution >= 0.6 is 0 Å². The van der Waals surface area contributed by atoms with Crippen molar-refractivity contribution in [2.75, 3.05) is 18.6 Å². The fourth-order valence-corrected chi connectivity index (χ4v) is 1.35. The minimum Gasteiger partial charge on any atom is -0.396 e. The predicted molar refractivity (Wildman–Crippen MR) is 58.5 cm³/mol. The molecule has 0 spiro atoms. The first-order valence-corrected chi connectivity index (χ1v) is 4.99. The predicted octanol–water partition coefficient (Wildman–Crippen LogP) is 1.06. The van der Waals surface area contributed by atoms with E-state index in [9.17, 15) is 4.79 Å². The van der Waals surface area contributed by atoms with Crippen molar-refractivity contribution in [1.82, 2.24) is 4.98 Å². The second kappa shape index (κ2) is 5.46. The lowest BCUT2D eigenvalue weighted by Crippen LogP contribution is -2.34. The summed E-state index contributed by atoms with van der Waals surface area (Å²) in [7, 11) is 1.70. The van der Waals surface area contributed by atoms with Crippen LogP contribution < -0.4 is 4.90 Å². The number of amides is 1. The van der Waals surface area contributed by atoms with E-state index in [1.54, 1.807) is 36.5 Å². The van der Waals surface area contributed by atoms with Crippen molar-refractivity contribution >= 4 is 11.6 Å². The van der Waals surface area contributed by atoms with E-state index in [0.29, 0.717) is 6.42 Å². The molecule has 0 saturated heterocycles. The van der Waals surface area contributed by atoms with Crippen LogP contribution in [0.2, 0.25) is 0 Å². The molecule has 4 nitrogen and oxygen atoms in total. The third-order valence-electron chi connectivity index (χ3n) is 2.44. The standard InChI is InChI=1S/C11H16N2O2/c1-3-9(8-14)11(15)13(2)10-4-6-12-7-5-10/h4-7,9,14H,3,8H2,1-2H3. The van der Waals surface area contributed by atoms with E-state index in [-0.39, 0.29) is 18.4 Å². The van der Waals surface area contributed by atoms with E-state index in [0.717, 1.165) is 5.69 Å². The minimum absolute atomic E-state index is 0.0637. The molecule has 1 unspecified atom stereocenters. The van der Waals surface area contributed by atoms with Crippen LogP contribution in [0.3, 0.4) is 0 Å². The molecule has 1 N–H and O–H groups in total. The summed E-state index contributed by atoms with van der Waals surface area (Å²) in [6.45, 7) is 1.78. The highest BCUT2D eigenvalue weighted by molar-refractivity contribution is 5.94. The number of hydrogen-bond donors (Lipinski definition) is 1. The number of aromatic nitrogens is 1. The summed E-state index contributed by atoms with van der Waals surface area (Å²) >= 11 is 0. The molecule has 0 bridgehead atoms. The summed E-state index contributed by atoms with van der Waals surface area (Å²) < 4.78 is 0. The topological polar surface area (TPSA) is 53.4 Å². The normalized spacial score (nSPS) is 12.2. The molecule has 0 saturated carbocycles. The lowest BCUT2D eigenvalue weighted by molar-refractivity contribution is -0.123. The fourth-order valence-electron chi connectivity index (χ4n) is 1.35. The molecule has 1 aromatic rings. The molecule has 1 heterocycles. The molecular formula is C11H16N2O2. The molecule has 82 valence electrons. The Labute approximate surface area is 89.6 Å². The molecule has 0 aliphatic heterocycles. The van der Waals surface area contributed by atoms with Crippen molar-refractivity contribution in [2.45, 2.75) is 13.3 Å². The molecule has 4 heteroatoms. The first-order chi connectivity index (χ1) is 7.20. The molecule has 1 aromatic heterocycles. The molecule has 0 aliphatic rings. The molecule has 0 aliphatic carbocycles. The number of aliphatic hydroxyl groups excluding tert-OH is 1. The lowest BCUT2D eigenvalue weighted by atomic mass is 10.1. The third-order valence-corrected chi connectivity index (χ3v) is 2.44. The Morgan fingerprint density at radius 3 is 2.60 bits per heavy atom. The van der Waals surface area contributed by atoms with E-state index >= 15 is 0 Å². The average molecular weight is 208 g/mol. The summed E-state index contributed by atoms with van der Waals surface area (Å²) in [5.74, 6) is -0.380. The van der Waals surface area contributed by atoms with Crippen LogP contribution in [-0.4, -0.2) is 29.7 Å². The molecule has 0 radical (unpaired) electrons. The van der Waals surface area contributed by atoms with Crippen LogP contribution in [0.15, 0.2) is 24.5 Å². The third kappa shape index (κ3) is 2.76. The zero-order valence-corrected chi connectivity index (χ0v) is 9.05. The molecule has 1 amide bonds. The highest BCUT2D eigenvalue weighted by atomic mass is 16.3. The van der Waals surface area contributed by atoms with Crippen molar-refractivity contribution in [1.29, 1.82) is 0 Å². The van der Waals surface area contributed by atoms with Crippen molar-refractivity contribution < 1.29 is 9.90 Å². The monoisotopic (exact) mass is 208 g/mol. The van der Waals surface area contributed by atoms with Gasteiger partial charge >= 0.3 is 0 Å². The summed E-state index contributed by atoms with van der Waals surface area (Å²) in [6, 6.07) is 3.53. The summed E-state index contributed by atoms with van der Waals surface area (Å²) in [4.78, 5) is 17.3. The van der Waals surface area contributed by atoms with Gasteiger partial charge in [-0.2, -0.15) is 0 Å². The van der Waals surface area contributed by atoms with E-state index in [2.05, 4.69) is 4.98 Å². The van der Waals surface area contributed by atoms with Gasteiger partial charge in [0.05, 0.1) is 12.5 Å². The number of hydrogen-bond acceptors (Lipinski definition) is 3. The first kappa shape index (κ1) is 11.7. The molecule has 15 heavy (non-hydrogen) atoms. The van der Waals surface area contributed by atoms with E-state index in [1.165, 1.54) is 0 Å². The molecular weight excluding hydrogens is 192 g/mol. The molecule has 1 atom stereocenters. The lowest BCUT2D eigenvalue weighted by Gasteiger charge is -2.21. The summed E-state index contributed by atoms with van der Waals surface area (Å²) in [6.07, 6.45) is 3.92. The maximum atomic E-state index is 11.9. The van der Waals surface area contributed by atoms with Crippen LogP contribution in [-0.2, 0) is 4.79 Å². The highest BCUT2D eigenvalue weighted by Crippen LogP contribution is 2.14. The second-order valence-corrected chi connectivity index (χ2v) is 3.39. The van der Waals surface area contributed by atoms with Gasteiger partial charge in [0.2, 0.25) is 5.91 Å². The molecule has 0 fully saturated rings. The number of carbonyl (C=O) groups is 1. The van der Waals surface area contributed by atoms with Gasteiger partial charge in [0.15, 0.2) is 0 Å². The van der Waals surface area contributed by atoms with E-state index < -0.39 is 0 Å². The van der Waals surface area contributed by atoms with Crippen molar-refractivity contribution in [3.8, 4) is 0 Å². The van der Waals surface area contributed by atoms with Crippen molar-refractivity contribution in [3.05, 3.63) is 24.5 Å². The Bertz CT molecular complexity index is 310. The van der Waals surface area contributed by atoms with Crippen molar-refractivity contribution in [2.24, 2.45) is 5.92 Å².